The van der Waals surface area contributed by atoms with Gasteiger partial charge in [-0.1, -0.05) is 78.9 Å². The second kappa shape index (κ2) is 7.46. The van der Waals surface area contributed by atoms with Crippen LogP contribution in [-0.2, 0) is 9.31 Å². The highest BCUT2D eigenvalue weighted by Crippen LogP contribution is 2.43. The summed E-state index contributed by atoms with van der Waals surface area (Å²) in [5.74, 6) is 0. The Balaban J connectivity index is 1.50. The fourth-order valence-electron chi connectivity index (χ4n) is 5.43. The molecule has 176 valence electrons. The number of benzene rings is 5. The van der Waals surface area contributed by atoms with Crippen LogP contribution in [0.5, 0.6) is 0 Å². The van der Waals surface area contributed by atoms with E-state index in [1.54, 1.807) is 0 Å². The lowest BCUT2D eigenvalue weighted by Gasteiger charge is -2.32. The van der Waals surface area contributed by atoms with Gasteiger partial charge >= 0.3 is 7.12 Å². The molecule has 36 heavy (non-hydrogen) atoms. The lowest BCUT2D eigenvalue weighted by atomic mass is 9.78. The SMILES string of the molecule is CC1(C)OB(c2cccc(-c3cc4ccccc4c4c3oc3ccc5ccccc5c34)c2)OC1(C)C. The first kappa shape index (κ1) is 21.7. The van der Waals surface area contributed by atoms with Gasteiger partial charge < -0.3 is 13.7 Å². The molecular weight excluding hydrogens is 443 g/mol. The second-order valence-electron chi connectivity index (χ2n) is 10.8. The summed E-state index contributed by atoms with van der Waals surface area (Å²) in [6.07, 6.45) is 0. The average molecular weight is 470 g/mol. The van der Waals surface area contributed by atoms with Crippen LogP contribution in [0.15, 0.2) is 95.4 Å². The summed E-state index contributed by atoms with van der Waals surface area (Å²) in [4.78, 5) is 0. The molecule has 0 N–H and O–H groups in total. The Bertz CT molecular complexity index is 1800. The van der Waals surface area contributed by atoms with E-state index in [0.29, 0.717) is 0 Å². The third-order valence-corrected chi connectivity index (χ3v) is 8.08. The Morgan fingerprint density at radius 3 is 2.03 bits per heavy atom. The lowest BCUT2D eigenvalue weighted by Crippen LogP contribution is -2.41. The number of furan rings is 1. The Labute approximate surface area is 210 Å². The van der Waals surface area contributed by atoms with Crippen molar-refractivity contribution in [1.82, 2.24) is 0 Å². The van der Waals surface area contributed by atoms with Crippen LogP contribution in [0.2, 0.25) is 0 Å². The minimum Gasteiger partial charge on any atom is -0.455 e. The zero-order valence-electron chi connectivity index (χ0n) is 21.0. The molecule has 0 radical (unpaired) electrons. The summed E-state index contributed by atoms with van der Waals surface area (Å²) < 4.78 is 19.3. The number of hydrogen-bond acceptors (Lipinski definition) is 3. The highest BCUT2D eigenvalue weighted by molar-refractivity contribution is 6.62. The molecule has 1 saturated heterocycles. The van der Waals surface area contributed by atoms with E-state index in [0.717, 1.165) is 33.1 Å². The van der Waals surface area contributed by atoms with Crippen molar-refractivity contribution in [1.29, 1.82) is 0 Å². The van der Waals surface area contributed by atoms with Gasteiger partial charge in [0.15, 0.2) is 0 Å². The smallest absolute Gasteiger partial charge is 0.455 e. The molecule has 0 amide bonds. The van der Waals surface area contributed by atoms with Crippen molar-refractivity contribution in [2.75, 3.05) is 0 Å². The molecule has 3 nitrogen and oxygen atoms in total. The van der Waals surface area contributed by atoms with Gasteiger partial charge in [0, 0.05) is 16.3 Å². The topological polar surface area (TPSA) is 31.6 Å². The maximum absolute atomic E-state index is 6.62. The van der Waals surface area contributed by atoms with Crippen LogP contribution >= 0.6 is 0 Å². The minimum atomic E-state index is -0.412. The Kier molecular flexibility index (Phi) is 4.49. The maximum atomic E-state index is 6.62. The van der Waals surface area contributed by atoms with Gasteiger partial charge in [-0.05, 0) is 72.4 Å². The highest BCUT2D eigenvalue weighted by Gasteiger charge is 2.51. The largest absolute Gasteiger partial charge is 0.494 e. The van der Waals surface area contributed by atoms with Crippen LogP contribution < -0.4 is 5.46 Å². The van der Waals surface area contributed by atoms with Gasteiger partial charge in [-0.15, -0.1) is 0 Å². The van der Waals surface area contributed by atoms with E-state index < -0.39 is 7.12 Å². The van der Waals surface area contributed by atoms with Crippen molar-refractivity contribution in [3.8, 4) is 11.1 Å². The predicted molar refractivity (Wildman–Crippen MR) is 150 cm³/mol. The van der Waals surface area contributed by atoms with E-state index >= 15 is 0 Å². The standard InChI is InChI=1S/C32H27BO3/c1-31(2)32(3,4)36-33(35-31)23-13-9-12-21(18-23)26-19-22-11-6-8-15-25(22)29-28-24-14-7-5-10-20(24)16-17-27(28)34-30(26)29/h5-19H,1-4H3. The van der Waals surface area contributed by atoms with E-state index in [-0.39, 0.29) is 11.2 Å². The van der Waals surface area contributed by atoms with Gasteiger partial charge in [-0.2, -0.15) is 0 Å². The van der Waals surface area contributed by atoms with Gasteiger partial charge in [-0.3, -0.25) is 0 Å². The number of fused-ring (bicyclic) bond motifs is 7. The molecule has 0 unspecified atom stereocenters. The number of hydrogen-bond donors (Lipinski definition) is 0. The molecule has 6 aromatic rings. The molecule has 1 aromatic heterocycles. The van der Waals surface area contributed by atoms with Crippen LogP contribution in [0.3, 0.4) is 0 Å². The molecule has 2 heterocycles. The quantitative estimate of drug-likeness (QED) is 0.242. The van der Waals surface area contributed by atoms with Crippen LogP contribution in [0.1, 0.15) is 27.7 Å². The van der Waals surface area contributed by atoms with Crippen molar-refractivity contribution in [2.45, 2.75) is 38.9 Å². The maximum Gasteiger partial charge on any atom is 0.494 e. The van der Waals surface area contributed by atoms with Gasteiger partial charge in [0.05, 0.1) is 11.2 Å². The fourth-order valence-corrected chi connectivity index (χ4v) is 5.43. The first-order chi connectivity index (χ1) is 17.3. The molecule has 1 aliphatic heterocycles. The van der Waals surface area contributed by atoms with E-state index in [2.05, 4.69) is 119 Å². The Morgan fingerprint density at radius 1 is 0.611 bits per heavy atom. The molecule has 5 aromatic carbocycles. The Hall–Kier alpha value is -3.60. The average Bonchev–Trinajstić information content (AvgIpc) is 3.38. The van der Waals surface area contributed by atoms with Gasteiger partial charge in [0.25, 0.3) is 0 Å². The third-order valence-electron chi connectivity index (χ3n) is 8.08. The minimum absolute atomic E-state index is 0.385. The molecule has 4 heteroatoms. The van der Waals surface area contributed by atoms with Crippen molar-refractivity contribution in [3.05, 3.63) is 91.0 Å². The van der Waals surface area contributed by atoms with Crippen molar-refractivity contribution in [3.63, 3.8) is 0 Å². The lowest BCUT2D eigenvalue weighted by molar-refractivity contribution is 0.00578. The van der Waals surface area contributed by atoms with Crippen LogP contribution in [0.4, 0.5) is 0 Å². The van der Waals surface area contributed by atoms with Crippen LogP contribution in [0, 0.1) is 0 Å². The first-order valence-electron chi connectivity index (χ1n) is 12.5. The van der Waals surface area contributed by atoms with Crippen molar-refractivity contribution >= 4 is 56.1 Å². The monoisotopic (exact) mass is 470 g/mol. The van der Waals surface area contributed by atoms with Crippen molar-refractivity contribution in [2.24, 2.45) is 0 Å². The van der Waals surface area contributed by atoms with Gasteiger partial charge in [0.1, 0.15) is 11.2 Å². The van der Waals surface area contributed by atoms with Gasteiger partial charge in [-0.25, -0.2) is 0 Å². The van der Waals surface area contributed by atoms with Crippen molar-refractivity contribution < 1.29 is 13.7 Å². The molecular formula is C32H27BO3. The summed E-state index contributed by atoms with van der Waals surface area (Å²) in [5, 5.41) is 7.15. The molecule has 0 aliphatic carbocycles. The summed E-state index contributed by atoms with van der Waals surface area (Å²) in [6.45, 7) is 8.34. The van der Waals surface area contributed by atoms with Crippen LogP contribution in [-0.4, -0.2) is 18.3 Å². The third kappa shape index (κ3) is 3.08. The van der Waals surface area contributed by atoms with E-state index in [9.17, 15) is 0 Å². The molecule has 1 aliphatic rings. The zero-order chi connectivity index (χ0) is 24.7. The predicted octanol–water partition coefficient (Wildman–Crippen LogP) is 7.86. The Morgan fingerprint density at radius 2 is 1.28 bits per heavy atom. The molecule has 7 rings (SSSR count). The summed E-state index contributed by atoms with van der Waals surface area (Å²) in [7, 11) is -0.412. The fraction of sp³-hybridized carbons (Fsp3) is 0.188. The first-order valence-corrected chi connectivity index (χ1v) is 12.5. The van der Waals surface area contributed by atoms with E-state index in [1.807, 2.05) is 0 Å². The normalized spacial score (nSPS) is 17.1. The second-order valence-corrected chi connectivity index (χ2v) is 10.8. The summed E-state index contributed by atoms with van der Waals surface area (Å²) in [5.41, 5.74) is 4.21. The molecule has 0 atom stereocenters. The molecule has 0 spiro atoms. The molecule has 0 saturated carbocycles. The van der Waals surface area contributed by atoms with E-state index in [1.165, 1.54) is 26.9 Å². The van der Waals surface area contributed by atoms with Crippen LogP contribution in [0.25, 0.3) is 54.6 Å². The molecule has 0 bridgehead atoms. The summed E-state index contributed by atoms with van der Waals surface area (Å²) >= 11 is 0. The molecule has 1 fully saturated rings. The van der Waals surface area contributed by atoms with E-state index in [4.69, 9.17) is 13.7 Å². The van der Waals surface area contributed by atoms with Gasteiger partial charge in [0.2, 0.25) is 0 Å². The highest BCUT2D eigenvalue weighted by atomic mass is 16.7. The zero-order valence-corrected chi connectivity index (χ0v) is 21.0. The number of rotatable bonds is 2. The summed E-state index contributed by atoms with van der Waals surface area (Å²) in [6, 6.07) is 32.1.